The topological polar surface area (TPSA) is 35.5 Å². The number of hydrogen-bond acceptors (Lipinski definition) is 3. The standard InChI is InChI=1S/C15H22F2N2O/c1-2-19-7-3-4-12(19)9-18-10-15(20)11-5-6-13(16)14(17)8-11/h5-6,8,12,15,18,20H,2-4,7,9-10H2,1H3. The SMILES string of the molecule is CCN1CCCC1CNCC(O)c1ccc(F)c(F)c1. The van der Waals surface area contributed by atoms with E-state index in [0.717, 1.165) is 31.8 Å². The second-order valence-corrected chi connectivity index (χ2v) is 5.27. The van der Waals surface area contributed by atoms with Gasteiger partial charge in [-0.25, -0.2) is 8.78 Å². The first-order valence-corrected chi connectivity index (χ1v) is 7.19. The Hall–Kier alpha value is -1.04. The zero-order valence-corrected chi connectivity index (χ0v) is 11.8. The molecule has 1 aromatic rings. The molecule has 2 atom stereocenters. The van der Waals surface area contributed by atoms with Crippen molar-refractivity contribution in [3.05, 3.63) is 35.4 Å². The van der Waals surface area contributed by atoms with Crippen LogP contribution in [-0.2, 0) is 0 Å². The number of nitrogens with zero attached hydrogens (tertiary/aromatic N) is 1. The van der Waals surface area contributed by atoms with Crippen LogP contribution in [0.15, 0.2) is 18.2 Å². The number of nitrogens with one attached hydrogen (secondary N) is 1. The summed E-state index contributed by atoms with van der Waals surface area (Å²) in [5.41, 5.74) is 0.398. The molecule has 1 aliphatic rings. The number of halogens is 2. The maximum Gasteiger partial charge on any atom is 0.159 e. The number of likely N-dealkylation sites (tertiary alicyclic amines) is 1. The number of aliphatic hydroxyl groups is 1. The van der Waals surface area contributed by atoms with E-state index < -0.39 is 17.7 Å². The normalized spacial score (nSPS) is 21.3. The van der Waals surface area contributed by atoms with Crippen LogP contribution < -0.4 is 5.32 Å². The molecule has 1 heterocycles. The lowest BCUT2D eigenvalue weighted by molar-refractivity contribution is 0.168. The van der Waals surface area contributed by atoms with Crippen LogP contribution in [0.1, 0.15) is 31.4 Å². The average molecular weight is 284 g/mol. The van der Waals surface area contributed by atoms with Gasteiger partial charge >= 0.3 is 0 Å². The van der Waals surface area contributed by atoms with Crippen LogP contribution in [0.2, 0.25) is 0 Å². The summed E-state index contributed by atoms with van der Waals surface area (Å²) in [6, 6.07) is 4.02. The third-order valence-electron chi connectivity index (χ3n) is 3.95. The van der Waals surface area contributed by atoms with Crippen molar-refractivity contribution in [2.75, 3.05) is 26.2 Å². The Labute approximate surface area is 118 Å². The molecular formula is C15H22F2N2O. The van der Waals surface area contributed by atoms with Crippen molar-refractivity contribution in [1.29, 1.82) is 0 Å². The maximum atomic E-state index is 13.1. The predicted octanol–water partition coefficient (Wildman–Crippen LogP) is 2.07. The molecule has 0 bridgehead atoms. The summed E-state index contributed by atoms with van der Waals surface area (Å²) in [6.45, 7) is 5.48. The Balaban J connectivity index is 1.80. The predicted molar refractivity (Wildman–Crippen MR) is 74.5 cm³/mol. The number of benzene rings is 1. The fraction of sp³-hybridized carbons (Fsp3) is 0.600. The van der Waals surface area contributed by atoms with E-state index in [0.29, 0.717) is 18.2 Å². The average Bonchev–Trinajstić information content (AvgIpc) is 2.89. The summed E-state index contributed by atoms with van der Waals surface area (Å²) in [7, 11) is 0. The van der Waals surface area contributed by atoms with Gasteiger partial charge in [-0.3, -0.25) is 4.90 Å². The van der Waals surface area contributed by atoms with Crippen molar-refractivity contribution in [1.82, 2.24) is 10.2 Å². The first-order chi connectivity index (χ1) is 9.61. The fourth-order valence-electron chi connectivity index (χ4n) is 2.77. The number of likely N-dealkylation sites (N-methyl/N-ethyl adjacent to an activating group) is 1. The minimum absolute atomic E-state index is 0.346. The van der Waals surface area contributed by atoms with Gasteiger partial charge in [-0.1, -0.05) is 13.0 Å². The van der Waals surface area contributed by atoms with Crippen LogP contribution in [0.3, 0.4) is 0 Å². The Kier molecular flexibility index (Phi) is 5.46. The lowest BCUT2D eigenvalue weighted by atomic mass is 10.1. The second-order valence-electron chi connectivity index (χ2n) is 5.27. The molecule has 0 amide bonds. The third kappa shape index (κ3) is 3.75. The molecule has 5 heteroatoms. The molecule has 1 aromatic carbocycles. The van der Waals surface area contributed by atoms with Gasteiger partial charge in [0.1, 0.15) is 0 Å². The van der Waals surface area contributed by atoms with Crippen LogP contribution >= 0.6 is 0 Å². The first kappa shape index (κ1) is 15.4. The summed E-state index contributed by atoms with van der Waals surface area (Å²) in [5.74, 6) is -1.81. The summed E-state index contributed by atoms with van der Waals surface area (Å²) in [5, 5.41) is 13.2. The molecule has 1 saturated heterocycles. The van der Waals surface area contributed by atoms with E-state index >= 15 is 0 Å². The van der Waals surface area contributed by atoms with Crippen molar-refractivity contribution in [2.24, 2.45) is 0 Å². The highest BCUT2D eigenvalue weighted by Crippen LogP contribution is 2.17. The molecule has 0 saturated carbocycles. The van der Waals surface area contributed by atoms with Gasteiger partial charge in [-0.2, -0.15) is 0 Å². The lowest BCUT2D eigenvalue weighted by Crippen LogP contribution is -2.39. The summed E-state index contributed by atoms with van der Waals surface area (Å²) < 4.78 is 25.9. The second kappa shape index (κ2) is 7.11. The van der Waals surface area contributed by atoms with Gasteiger partial charge in [0.2, 0.25) is 0 Å². The van der Waals surface area contributed by atoms with Gasteiger partial charge in [-0.15, -0.1) is 0 Å². The zero-order valence-electron chi connectivity index (χ0n) is 11.8. The van der Waals surface area contributed by atoms with E-state index in [-0.39, 0.29) is 0 Å². The van der Waals surface area contributed by atoms with Gasteiger partial charge in [0.25, 0.3) is 0 Å². The van der Waals surface area contributed by atoms with E-state index in [1.165, 1.54) is 18.9 Å². The van der Waals surface area contributed by atoms with Crippen LogP contribution in [0.5, 0.6) is 0 Å². The maximum absolute atomic E-state index is 13.1. The minimum atomic E-state index is -0.922. The molecule has 3 nitrogen and oxygen atoms in total. The highest BCUT2D eigenvalue weighted by atomic mass is 19.2. The van der Waals surface area contributed by atoms with Crippen LogP contribution in [-0.4, -0.2) is 42.2 Å². The van der Waals surface area contributed by atoms with E-state index in [9.17, 15) is 13.9 Å². The molecule has 2 rings (SSSR count). The molecular weight excluding hydrogens is 262 g/mol. The van der Waals surface area contributed by atoms with Crippen LogP contribution in [0.25, 0.3) is 0 Å². The van der Waals surface area contributed by atoms with Crippen molar-refractivity contribution >= 4 is 0 Å². The number of aliphatic hydroxyl groups excluding tert-OH is 1. The van der Waals surface area contributed by atoms with Crippen molar-refractivity contribution < 1.29 is 13.9 Å². The van der Waals surface area contributed by atoms with Gasteiger partial charge in [0.15, 0.2) is 11.6 Å². The smallest absolute Gasteiger partial charge is 0.159 e. The first-order valence-electron chi connectivity index (χ1n) is 7.19. The molecule has 0 aromatic heterocycles. The van der Waals surface area contributed by atoms with Gasteiger partial charge < -0.3 is 10.4 Å². The zero-order chi connectivity index (χ0) is 14.5. The summed E-state index contributed by atoms with van der Waals surface area (Å²) in [4.78, 5) is 2.41. The molecule has 1 aliphatic heterocycles. The Morgan fingerprint density at radius 3 is 2.90 bits per heavy atom. The Morgan fingerprint density at radius 1 is 1.40 bits per heavy atom. The van der Waals surface area contributed by atoms with Gasteiger partial charge in [-0.05, 0) is 43.6 Å². The molecule has 0 spiro atoms. The molecule has 2 unspecified atom stereocenters. The molecule has 20 heavy (non-hydrogen) atoms. The molecule has 2 N–H and O–H groups in total. The Bertz CT molecular complexity index is 442. The highest BCUT2D eigenvalue weighted by Gasteiger charge is 2.22. The van der Waals surface area contributed by atoms with E-state index in [1.54, 1.807) is 0 Å². The minimum Gasteiger partial charge on any atom is -0.387 e. The monoisotopic (exact) mass is 284 g/mol. The lowest BCUT2D eigenvalue weighted by Gasteiger charge is -2.23. The van der Waals surface area contributed by atoms with E-state index in [1.807, 2.05) is 0 Å². The molecule has 0 radical (unpaired) electrons. The van der Waals surface area contributed by atoms with Crippen molar-refractivity contribution in [3.63, 3.8) is 0 Å². The van der Waals surface area contributed by atoms with E-state index in [4.69, 9.17) is 0 Å². The molecule has 0 aliphatic carbocycles. The Morgan fingerprint density at radius 2 is 2.20 bits per heavy atom. The summed E-state index contributed by atoms with van der Waals surface area (Å²) in [6.07, 6.45) is 1.56. The highest BCUT2D eigenvalue weighted by molar-refractivity contribution is 5.20. The van der Waals surface area contributed by atoms with Gasteiger partial charge in [0.05, 0.1) is 6.10 Å². The van der Waals surface area contributed by atoms with Crippen LogP contribution in [0.4, 0.5) is 8.78 Å². The fourth-order valence-corrected chi connectivity index (χ4v) is 2.77. The van der Waals surface area contributed by atoms with Crippen molar-refractivity contribution in [2.45, 2.75) is 31.9 Å². The van der Waals surface area contributed by atoms with Crippen LogP contribution in [0, 0.1) is 11.6 Å². The molecule has 1 fully saturated rings. The third-order valence-corrected chi connectivity index (χ3v) is 3.95. The largest absolute Gasteiger partial charge is 0.387 e. The van der Waals surface area contributed by atoms with Gasteiger partial charge in [0, 0.05) is 19.1 Å². The van der Waals surface area contributed by atoms with Crippen molar-refractivity contribution in [3.8, 4) is 0 Å². The quantitative estimate of drug-likeness (QED) is 0.839. The summed E-state index contributed by atoms with van der Waals surface area (Å²) >= 11 is 0. The number of hydrogen-bond donors (Lipinski definition) is 2. The number of rotatable bonds is 6. The van der Waals surface area contributed by atoms with E-state index in [2.05, 4.69) is 17.1 Å². The molecule has 112 valence electrons.